The van der Waals surface area contributed by atoms with Gasteiger partial charge in [0.2, 0.25) is 5.91 Å². The van der Waals surface area contributed by atoms with Crippen molar-refractivity contribution in [1.82, 2.24) is 4.90 Å². The van der Waals surface area contributed by atoms with Gasteiger partial charge in [-0.25, -0.2) is 0 Å². The molecule has 4 heteroatoms. The number of benzene rings is 1. The molecule has 1 fully saturated rings. The summed E-state index contributed by atoms with van der Waals surface area (Å²) in [5.41, 5.74) is 2.09. The third-order valence-corrected chi connectivity index (χ3v) is 3.15. The Morgan fingerprint density at radius 3 is 2.39 bits per heavy atom. The minimum absolute atomic E-state index is 0. The molecule has 3 nitrogen and oxygen atoms in total. The van der Waals surface area contributed by atoms with Crippen LogP contribution in [0.5, 0.6) is 0 Å². The molecule has 1 heterocycles. The van der Waals surface area contributed by atoms with Crippen LogP contribution in [-0.4, -0.2) is 30.4 Å². The largest absolute Gasteiger partial charge is 0.325 e. The second-order valence-electron chi connectivity index (χ2n) is 4.75. The van der Waals surface area contributed by atoms with Gasteiger partial charge in [0, 0.05) is 5.69 Å². The van der Waals surface area contributed by atoms with Gasteiger partial charge in [-0.15, -0.1) is 12.4 Å². The molecule has 1 aromatic carbocycles. The highest BCUT2D eigenvalue weighted by atomic mass is 35.5. The van der Waals surface area contributed by atoms with Crippen LogP contribution in [0.25, 0.3) is 0 Å². The lowest BCUT2D eigenvalue weighted by atomic mass is 10.1. The Kier molecular flexibility index (Phi) is 6.16. The van der Waals surface area contributed by atoms with Gasteiger partial charge in [-0.1, -0.05) is 24.1 Å². The van der Waals surface area contributed by atoms with E-state index in [1.54, 1.807) is 0 Å². The molecule has 0 aliphatic carbocycles. The molecule has 0 unspecified atom stereocenters. The van der Waals surface area contributed by atoms with Crippen molar-refractivity contribution in [2.24, 2.45) is 0 Å². The number of aryl methyl sites for hydroxylation is 1. The normalized spacial score (nSPS) is 15.8. The number of carbonyl (C=O) groups excluding carboxylic acids is 1. The van der Waals surface area contributed by atoms with Crippen molar-refractivity contribution in [1.29, 1.82) is 0 Å². The monoisotopic (exact) mass is 268 g/mol. The van der Waals surface area contributed by atoms with Crippen molar-refractivity contribution in [3.8, 4) is 0 Å². The highest BCUT2D eigenvalue weighted by Gasteiger charge is 2.13. The minimum Gasteiger partial charge on any atom is -0.325 e. The average molecular weight is 269 g/mol. The van der Waals surface area contributed by atoms with E-state index < -0.39 is 0 Å². The molecule has 0 saturated carbocycles. The van der Waals surface area contributed by atoms with Crippen LogP contribution in [0.4, 0.5) is 5.69 Å². The van der Waals surface area contributed by atoms with Gasteiger partial charge < -0.3 is 5.32 Å². The van der Waals surface area contributed by atoms with Crippen molar-refractivity contribution in [2.75, 3.05) is 25.0 Å². The summed E-state index contributed by atoms with van der Waals surface area (Å²) in [4.78, 5) is 14.0. The number of nitrogens with one attached hydrogen (secondary N) is 1. The maximum Gasteiger partial charge on any atom is 0.238 e. The fourth-order valence-electron chi connectivity index (χ4n) is 2.16. The maximum absolute atomic E-state index is 11.8. The van der Waals surface area contributed by atoms with Crippen LogP contribution in [0, 0.1) is 6.92 Å². The lowest BCUT2D eigenvalue weighted by Crippen LogP contribution is -2.36. The highest BCUT2D eigenvalue weighted by Crippen LogP contribution is 2.10. The Hall–Kier alpha value is -1.06. The van der Waals surface area contributed by atoms with Gasteiger partial charge in [0.25, 0.3) is 0 Å². The van der Waals surface area contributed by atoms with Crippen LogP contribution in [0.3, 0.4) is 0 Å². The predicted molar refractivity (Wildman–Crippen MR) is 77.3 cm³/mol. The van der Waals surface area contributed by atoms with Gasteiger partial charge >= 0.3 is 0 Å². The molecule has 1 saturated heterocycles. The van der Waals surface area contributed by atoms with E-state index in [2.05, 4.69) is 10.2 Å². The number of hydrogen-bond acceptors (Lipinski definition) is 2. The van der Waals surface area contributed by atoms with Crippen LogP contribution in [-0.2, 0) is 4.79 Å². The standard InChI is InChI=1S/C14H20N2O.ClH/c1-12-5-7-13(8-6-12)15-14(17)11-16-9-3-2-4-10-16;/h5-8H,2-4,9-11H2,1H3,(H,15,17);1H. The Labute approximate surface area is 115 Å². The molecule has 0 bridgehead atoms. The molecule has 2 rings (SSSR count). The summed E-state index contributed by atoms with van der Waals surface area (Å²) in [5, 5.41) is 2.94. The summed E-state index contributed by atoms with van der Waals surface area (Å²) in [5.74, 6) is 0.0933. The number of likely N-dealkylation sites (tertiary alicyclic amines) is 1. The van der Waals surface area contributed by atoms with Gasteiger partial charge in [-0.3, -0.25) is 9.69 Å². The number of anilines is 1. The van der Waals surface area contributed by atoms with Crippen molar-refractivity contribution in [2.45, 2.75) is 26.2 Å². The van der Waals surface area contributed by atoms with Crippen molar-refractivity contribution in [3.63, 3.8) is 0 Å². The molecular weight excluding hydrogens is 248 g/mol. The van der Waals surface area contributed by atoms with E-state index in [0.717, 1.165) is 18.8 Å². The molecule has 1 aliphatic heterocycles. The quantitative estimate of drug-likeness (QED) is 0.914. The molecule has 0 atom stereocenters. The third kappa shape index (κ3) is 4.67. The van der Waals surface area contributed by atoms with Gasteiger partial charge in [0.05, 0.1) is 6.54 Å². The van der Waals surface area contributed by atoms with Gasteiger partial charge in [-0.05, 0) is 45.0 Å². The van der Waals surface area contributed by atoms with Crippen LogP contribution < -0.4 is 5.32 Å². The smallest absolute Gasteiger partial charge is 0.238 e. The fourth-order valence-corrected chi connectivity index (χ4v) is 2.16. The lowest BCUT2D eigenvalue weighted by molar-refractivity contribution is -0.117. The van der Waals surface area contributed by atoms with E-state index >= 15 is 0 Å². The van der Waals surface area contributed by atoms with Gasteiger partial charge in [-0.2, -0.15) is 0 Å². The summed E-state index contributed by atoms with van der Waals surface area (Å²) < 4.78 is 0. The van der Waals surface area contributed by atoms with Crippen LogP contribution >= 0.6 is 12.4 Å². The molecule has 100 valence electrons. The van der Waals surface area contributed by atoms with Crippen molar-refractivity contribution >= 4 is 24.0 Å². The summed E-state index contributed by atoms with van der Waals surface area (Å²) in [6.45, 7) is 4.68. The van der Waals surface area contributed by atoms with Crippen LogP contribution in [0.15, 0.2) is 24.3 Å². The molecule has 1 amide bonds. The molecule has 1 N–H and O–H groups in total. The summed E-state index contributed by atoms with van der Waals surface area (Å²) in [6, 6.07) is 7.92. The fraction of sp³-hybridized carbons (Fsp3) is 0.500. The molecule has 0 aromatic heterocycles. The maximum atomic E-state index is 11.8. The zero-order valence-corrected chi connectivity index (χ0v) is 11.6. The number of carbonyl (C=O) groups is 1. The van der Waals surface area contributed by atoms with E-state index in [0.29, 0.717) is 6.54 Å². The third-order valence-electron chi connectivity index (χ3n) is 3.15. The first-order valence-corrected chi connectivity index (χ1v) is 6.33. The van der Waals surface area contributed by atoms with Crippen LogP contribution in [0.2, 0.25) is 0 Å². The number of halogens is 1. The van der Waals surface area contributed by atoms with E-state index in [4.69, 9.17) is 0 Å². The number of piperidine rings is 1. The Morgan fingerprint density at radius 2 is 1.78 bits per heavy atom. The molecule has 1 aromatic rings. The first-order valence-electron chi connectivity index (χ1n) is 6.33. The van der Waals surface area contributed by atoms with E-state index in [1.165, 1.54) is 24.8 Å². The zero-order chi connectivity index (χ0) is 12.1. The van der Waals surface area contributed by atoms with Crippen molar-refractivity contribution in [3.05, 3.63) is 29.8 Å². The van der Waals surface area contributed by atoms with E-state index in [1.807, 2.05) is 31.2 Å². The first kappa shape index (κ1) is 15.0. The second-order valence-corrected chi connectivity index (χ2v) is 4.75. The lowest BCUT2D eigenvalue weighted by Gasteiger charge is -2.25. The number of amides is 1. The van der Waals surface area contributed by atoms with Crippen molar-refractivity contribution < 1.29 is 4.79 Å². The molecule has 0 radical (unpaired) electrons. The Balaban J connectivity index is 0.00000162. The predicted octanol–water partition coefficient (Wildman–Crippen LogP) is 2.84. The summed E-state index contributed by atoms with van der Waals surface area (Å²) >= 11 is 0. The average Bonchev–Trinajstić information content (AvgIpc) is 2.33. The number of nitrogens with zero attached hydrogens (tertiary/aromatic N) is 1. The number of rotatable bonds is 3. The van der Waals surface area contributed by atoms with E-state index in [-0.39, 0.29) is 18.3 Å². The summed E-state index contributed by atoms with van der Waals surface area (Å²) in [7, 11) is 0. The van der Waals surface area contributed by atoms with Crippen LogP contribution in [0.1, 0.15) is 24.8 Å². The van der Waals surface area contributed by atoms with Gasteiger partial charge in [0.15, 0.2) is 0 Å². The SMILES string of the molecule is Cc1ccc(NC(=O)CN2CCCCC2)cc1.Cl. The summed E-state index contributed by atoms with van der Waals surface area (Å²) in [6.07, 6.45) is 3.74. The van der Waals surface area contributed by atoms with E-state index in [9.17, 15) is 4.79 Å². The Bertz CT molecular complexity index is 372. The highest BCUT2D eigenvalue weighted by molar-refractivity contribution is 5.92. The first-order chi connectivity index (χ1) is 8.24. The topological polar surface area (TPSA) is 32.3 Å². The zero-order valence-electron chi connectivity index (χ0n) is 10.8. The van der Waals surface area contributed by atoms with Gasteiger partial charge in [0.1, 0.15) is 0 Å². The minimum atomic E-state index is 0. The molecule has 0 spiro atoms. The number of hydrogen-bond donors (Lipinski definition) is 1. The molecule has 18 heavy (non-hydrogen) atoms. The molecular formula is C14H21ClN2O. The second kappa shape index (κ2) is 7.39. The molecule has 1 aliphatic rings. The Morgan fingerprint density at radius 1 is 1.17 bits per heavy atom.